The molecule has 2 rings (SSSR count). The van der Waals surface area contributed by atoms with E-state index in [1.54, 1.807) is 42.5 Å². The van der Waals surface area contributed by atoms with Crippen molar-refractivity contribution in [1.29, 1.82) is 0 Å². The lowest BCUT2D eigenvalue weighted by Gasteiger charge is -2.14. The number of rotatable bonds is 4. The Hall–Kier alpha value is -2.34. The van der Waals surface area contributed by atoms with E-state index < -0.39 is 11.8 Å². The Labute approximate surface area is 143 Å². The molecule has 0 aliphatic carbocycles. The molecule has 120 valence electrons. The zero-order chi connectivity index (χ0) is 16.8. The van der Waals surface area contributed by atoms with Gasteiger partial charge in [-0.15, -0.1) is 0 Å². The second-order valence-electron chi connectivity index (χ2n) is 5.05. The molecule has 0 atom stereocenters. The first-order valence-electron chi connectivity index (χ1n) is 7.10. The first kappa shape index (κ1) is 17.0. The van der Waals surface area contributed by atoms with E-state index in [1.807, 2.05) is 19.9 Å². The highest BCUT2D eigenvalue weighted by Crippen LogP contribution is 2.25. The summed E-state index contributed by atoms with van der Waals surface area (Å²) in [6.07, 6.45) is -0.0397. The summed E-state index contributed by atoms with van der Waals surface area (Å²) in [5.41, 5.74) is 0.979. The Morgan fingerprint density at radius 3 is 2.04 bits per heavy atom. The first-order chi connectivity index (χ1) is 11.0. The molecule has 0 saturated carbocycles. The van der Waals surface area contributed by atoms with Crippen molar-refractivity contribution in [3.05, 3.63) is 53.0 Å². The quantitative estimate of drug-likeness (QED) is 0.797. The summed E-state index contributed by atoms with van der Waals surface area (Å²) >= 11 is 3.31. The molecule has 0 aliphatic heterocycles. The van der Waals surface area contributed by atoms with Crippen LogP contribution in [-0.2, 0) is 9.59 Å². The molecule has 0 aliphatic rings. The van der Waals surface area contributed by atoms with Crippen molar-refractivity contribution in [1.82, 2.24) is 0 Å². The van der Waals surface area contributed by atoms with Gasteiger partial charge in [0.2, 0.25) is 0 Å². The van der Waals surface area contributed by atoms with E-state index in [0.717, 1.165) is 0 Å². The van der Waals surface area contributed by atoms with Gasteiger partial charge < -0.3 is 15.4 Å². The molecule has 2 aromatic carbocycles. The van der Waals surface area contributed by atoms with Crippen LogP contribution in [0.15, 0.2) is 53.0 Å². The van der Waals surface area contributed by atoms with Crippen molar-refractivity contribution >= 4 is 39.1 Å². The molecular weight excluding hydrogens is 360 g/mol. The molecule has 6 heteroatoms. The Bertz CT molecular complexity index is 716. The van der Waals surface area contributed by atoms with E-state index in [0.29, 0.717) is 21.6 Å². The highest BCUT2D eigenvalue weighted by molar-refractivity contribution is 9.10. The van der Waals surface area contributed by atoms with E-state index >= 15 is 0 Å². The molecule has 0 bridgehead atoms. The average Bonchev–Trinajstić information content (AvgIpc) is 2.51. The summed E-state index contributed by atoms with van der Waals surface area (Å²) in [5.74, 6) is -0.999. The van der Waals surface area contributed by atoms with Crippen LogP contribution in [0.25, 0.3) is 0 Å². The monoisotopic (exact) mass is 376 g/mol. The predicted molar refractivity (Wildman–Crippen MR) is 93.6 cm³/mol. The smallest absolute Gasteiger partial charge is 0.314 e. The van der Waals surface area contributed by atoms with Gasteiger partial charge in [-0.3, -0.25) is 9.59 Å². The molecule has 0 heterocycles. The van der Waals surface area contributed by atoms with Crippen LogP contribution < -0.4 is 15.4 Å². The molecule has 0 radical (unpaired) electrons. The van der Waals surface area contributed by atoms with Crippen LogP contribution in [0, 0.1) is 0 Å². The lowest BCUT2D eigenvalue weighted by molar-refractivity contribution is -0.133. The van der Waals surface area contributed by atoms with E-state index in [2.05, 4.69) is 26.6 Å². The summed E-state index contributed by atoms with van der Waals surface area (Å²) < 4.78 is 6.31. The second kappa shape index (κ2) is 7.78. The second-order valence-corrected chi connectivity index (χ2v) is 5.91. The fourth-order valence-corrected chi connectivity index (χ4v) is 2.23. The number of anilines is 2. The van der Waals surface area contributed by atoms with Crippen molar-refractivity contribution < 1.29 is 14.3 Å². The molecule has 0 saturated heterocycles. The molecule has 5 nitrogen and oxygen atoms in total. The van der Waals surface area contributed by atoms with Crippen molar-refractivity contribution in [3.63, 3.8) is 0 Å². The number of hydrogen-bond acceptors (Lipinski definition) is 3. The highest BCUT2D eigenvalue weighted by atomic mass is 79.9. The van der Waals surface area contributed by atoms with E-state index in [1.165, 1.54) is 0 Å². The average molecular weight is 377 g/mol. The maximum Gasteiger partial charge on any atom is 0.314 e. The Morgan fingerprint density at radius 2 is 1.43 bits per heavy atom. The van der Waals surface area contributed by atoms with Crippen molar-refractivity contribution in [3.8, 4) is 5.75 Å². The van der Waals surface area contributed by atoms with Gasteiger partial charge in [-0.1, -0.05) is 24.3 Å². The van der Waals surface area contributed by atoms with Crippen LogP contribution in [0.3, 0.4) is 0 Å². The van der Waals surface area contributed by atoms with Gasteiger partial charge in [-0.25, -0.2) is 0 Å². The van der Waals surface area contributed by atoms with Gasteiger partial charge in [0.25, 0.3) is 0 Å². The van der Waals surface area contributed by atoms with Gasteiger partial charge in [0.15, 0.2) is 0 Å². The highest BCUT2D eigenvalue weighted by Gasteiger charge is 2.17. The van der Waals surface area contributed by atoms with Crippen molar-refractivity contribution in [2.24, 2.45) is 0 Å². The number of amides is 2. The van der Waals surface area contributed by atoms with E-state index in [-0.39, 0.29) is 6.10 Å². The number of hydrogen-bond donors (Lipinski definition) is 2. The fraction of sp³-hybridized carbons (Fsp3) is 0.176. The molecule has 2 amide bonds. The number of nitrogens with one attached hydrogen (secondary N) is 2. The third-order valence-electron chi connectivity index (χ3n) is 2.83. The number of benzene rings is 2. The van der Waals surface area contributed by atoms with Gasteiger partial charge in [-0.2, -0.15) is 0 Å². The molecule has 2 aromatic rings. The number of carbonyl (C=O) groups excluding carboxylic acids is 2. The molecule has 0 unspecified atom stereocenters. The summed E-state index contributed by atoms with van der Waals surface area (Å²) in [6.45, 7) is 3.77. The number of halogens is 1. The SMILES string of the molecule is CC(C)Oc1ccccc1NC(=O)C(=O)Nc1ccccc1Br. The molecule has 0 spiro atoms. The largest absolute Gasteiger partial charge is 0.489 e. The van der Waals surface area contributed by atoms with Gasteiger partial charge >= 0.3 is 11.8 Å². The molecule has 23 heavy (non-hydrogen) atoms. The molecule has 0 aromatic heterocycles. The molecule has 0 fully saturated rings. The number of ether oxygens (including phenoxy) is 1. The third-order valence-corrected chi connectivity index (χ3v) is 3.52. The molecule has 2 N–H and O–H groups in total. The van der Waals surface area contributed by atoms with Crippen LogP contribution >= 0.6 is 15.9 Å². The topological polar surface area (TPSA) is 67.4 Å². The Kier molecular flexibility index (Phi) is 5.76. The maximum absolute atomic E-state index is 12.1. The van der Waals surface area contributed by atoms with E-state index in [9.17, 15) is 9.59 Å². The summed E-state index contributed by atoms with van der Waals surface area (Å²) in [6, 6.07) is 14.0. The zero-order valence-electron chi connectivity index (χ0n) is 12.8. The summed E-state index contributed by atoms with van der Waals surface area (Å²) in [4.78, 5) is 24.1. The van der Waals surface area contributed by atoms with Gasteiger partial charge in [0.05, 0.1) is 17.5 Å². The van der Waals surface area contributed by atoms with Crippen LogP contribution in [0.1, 0.15) is 13.8 Å². The Morgan fingerprint density at radius 1 is 0.913 bits per heavy atom. The first-order valence-corrected chi connectivity index (χ1v) is 7.89. The molecular formula is C17H17BrN2O3. The third kappa shape index (κ3) is 4.82. The van der Waals surface area contributed by atoms with Crippen LogP contribution in [-0.4, -0.2) is 17.9 Å². The number of para-hydroxylation sites is 3. The van der Waals surface area contributed by atoms with Crippen LogP contribution in [0.2, 0.25) is 0 Å². The van der Waals surface area contributed by atoms with Gasteiger partial charge in [-0.05, 0) is 54.0 Å². The minimum absolute atomic E-state index is 0.0397. The van der Waals surface area contributed by atoms with Gasteiger partial charge in [0, 0.05) is 4.47 Å². The van der Waals surface area contributed by atoms with Crippen molar-refractivity contribution in [2.75, 3.05) is 10.6 Å². The minimum atomic E-state index is -0.763. The van der Waals surface area contributed by atoms with Crippen LogP contribution in [0.5, 0.6) is 5.75 Å². The Balaban J connectivity index is 2.07. The number of carbonyl (C=O) groups is 2. The summed E-state index contributed by atoms with van der Waals surface area (Å²) in [7, 11) is 0. The van der Waals surface area contributed by atoms with Gasteiger partial charge in [0.1, 0.15) is 5.75 Å². The maximum atomic E-state index is 12.1. The fourth-order valence-electron chi connectivity index (χ4n) is 1.85. The van der Waals surface area contributed by atoms with Crippen LogP contribution in [0.4, 0.5) is 11.4 Å². The lowest BCUT2D eigenvalue weighted by atomic mass is 10.2. The normalized spacial score (nSPS) is 10.3. The standard InChI is InChI=1S/C17H17BrN2O3/c1-11(2)23-15-10-6-5-9-14(15)20-17(22)16(21)19-13-8-4-3-7-12(13)18/h3-11H,1-2H3,(H,19,21)(H,20,22). The summed E-state index contributed by atoms with van der Waals surface area (Å²) in [5, 5.41) is 5.12. The lowest BCUT2D eigenvalue weighted by Crippen LogP contribution is -2.29. The van der Waals surface area contributed by atoms with Crippen molar-refractivity contribution in [2.45, 2.75) is 20.0 Å². The zero-order valence-corrected chi connectivity index (χ0v) is 14.4. The predicted octanol–water partition coefficient (Wildman–Crippen LogP) is 3.81. The van der Waals surface area contributed by atoms with E-state index in [4.69, 9.17) is 4.74 Å². The minimum Gasteiger partial charge on any atom is -0.489 e.